The standard InChI is InChI=1S/C22H34N2O4/c1-22(2,3)28-21(26)24-13-11-18(12-14-24)16-23(4)20(25)10-9-17-7-6-8-19(15-17)27-5/h6-8,15,18H,9-14,16H2,1-5H3. The molecule has 1 heterocycles. The van der Waals surface area contributed by atoms with E-state index >= 15 is 0 Å². The Morgan fingerprint density at radius 1 is 1.21 bits per heavy atom. The minimum absolute atomic E-state index is 0.150. The molecule has 1 aromatic carbocycles. The van der Waals surface area contributed by atoms with Gasteiger partial charge in [-0.2, -0.15) is 0 Å². The molecule has 0 aliphatic carbocycles. The largest absolute Gasteiger partial charge is 0.497 e. The van der Waals surface area contributed by atoms with E-state index in [1.807, 2.05) is 57.0 Å². The van der Waals surface area contributed by atoms with Crippen LogP contribution in [0.25, 0.3) is 0 Å². The van der Waals surface area contributed by atoms with Crippen molar-refractivity contribution in [2.24, 2.45) is 5.92 Å². The molecule has 1 saturated heterocycles. The molecule has 0 N–H and O–H groups in total. The van der Waals surface area contributed by atoms with Gasteiger partial charge in [0.25, 0.3) is 0 Å². The lowest BCUT2D eigenvalue weighted by Crippen LogP contribution is -2.44. The summed E-state index contributed by atoms with van der Waals surface area (Å²) in [6.45, 7) is 7.74. The molecular weight excluding hydrogens is 356 g/mol. The topological polar surface area (TPSA) is 59.1 Å². The number of amides is 2. The lowest BCUT2D eigenvalue weighted by Gasteiger charge is -2.34. The van der Waals surface area contributed by atoms with Crippen molar-refractivity contribution in [1.29, 1.82) is 0 Å². The molecule has 1 aliphatic heterocycles. The van der Waals surface area contributed by atoms with Gasteiger partial charge in [0, 0.05) is 33.1 Å². The molecule has 1 aliphatic rings. The molecular formula is C22H34N2O4. The van der Waals surface area contributed by atoms with E-state index in [9.17, 15) is 9.59 Å². The number of hydrogen-bond donors (Lipinski definition) is 0. The summed E-state index contributed by atoms with van der Waals surface area (Å²) in [6.07, 6.45) is 2.74. The van der Waals surface area contributed by atoms with E-state index in [0.717, 1.165) is 30.7 Å². The number of piperidine rings is 1. The monoisotopic (exact) mass is 390 g/mol. The second-order valence-corrected chi connectivity index (χ2v) is 8.54. The van der Waals surface area contributed by atoms with Gasteiger partial charge in [0.2, 0.25) is 5.91 Å². The first-order valence-electron chi connectivity index (χ1n) is 10.0. The third-order valence-corrected chi connectivity index (χ3v) is 4.99. The van der Waals surface area contributed by atoms with Crippen molar-refractivity contribution in [3.05, 3.63) is 29.8 Å². The summed E-state index contributed by atoms with van der Waals surface area (Å²) in [5.41, 5.74) is 0.635. The Morgan fingerprint density at radius 2 is 1.89 bits per heavy atom. The molecule has 0 spiro atoms. The molecule has 0 aromatic heterocycles. The van der Waals surface area contributed by atoms with Gasteiger partial charge in [-0.3, -0.25) is 4.79 Å². The summed E-state index contributed by atoms with van der Waals surface area (Å²) in [5, 5.41) is 0. The van der Waals surface area contributed by atoms with Crippen molar-refractivity contribution >= 4 is 12.0 Å². The molecule has 0 unspecified atom stereocenters. The van der Waals surface area contributed by atoms with E-state index in [4.69, 9.17) is 9.47 Å². The van der Waals surface area contributed by atoms with Crippen LogP contribution in [0.4, 0.5) is 4.79 Å². The lowest BCUT2D eigenvalue weighted by atomic mass is 9.96. The molecule has 0 atom stereocenters. The normalized spacial score (nSPS) is 15.2. The molecule has 1 fully saturated rings. The first-order chi connectivity index (χ1) is 13.2. The van der Waals surface area contributed by atoms with Gasteiger partial charge in [0.05, 0.1) is 7.11 Å². The smallest absolute Gasteiger partial charge is 0.410 e. The Morgan fingerprint density at radius 3 is 2.50 bits per heavy atom. The first-order valence-corrected chi connectivity index (χ1v) is 10.0. The van der Waals surface area contributed by atoms with Crippen molar-refractivity contribution in [1.82, 2.24) is 9.80 Å². The van der Waals surface area contributed by atoms with E-state index in [1.165, 1.54) is 0 Å². The number of methoxy groups -OCH3 is 1. The molecule has 6 heteroatoms. The van der Waals surface area contributed by atoms with Gasteiger partial charge in [-0.1, -0.05) is 12.1 Å². The third-order valence-electron chi connectivity index (χ3n) is 4.99. The second kappa shape index (κ2) is 9.80. The maximum Gasteiger partial charge on any atom is 0.410 e. The minimum Gasteiger partial charge on any atom is -0.497 e. The third kappa shape index (κ3) is 7.06. The number of nitrogens with zero attached hydrogens (tertiary/aromatic N) is 2. The number of ether oxygens (including phenoxy) is 2. The summed E-state index contributed by atoms with van der Waals surface area (Å²) in [7, 11) is 3.51. The van der Waals surface area contributed by atoms with Crippen molar-refractivity contribution in [2.75, 3.05) is 33.8 Å². The van der Waals surface area contributed by atoms with E-state index in [1.54, 1.807) is 12.0 Å². The molecule has 28 heavy (non-hydrogen) atoms. The number of carbonyl (C=O) groups is 2. The van der Waals surface area contributed by atoms with Crippen LogP contribution in [0.5, 0.6) is 5.75 Å². The van der Waals surface area contributed by atoms with Gasteiger partial charge in [-0.15, -0.1) is 0 Å². The van der Waals surface area contributed by atoms with Gasteiger partial charge in [0.15, 0.2) is 0 Å². The Labute approximate surface area is 168 Å². The number of aryl methyl sites for hydroxylation is 1. The van der Waals surface area contributed by atoms with Crippen LogP contribution in [0, 0.1) is 5.92 Å². The number of rotatable bonds is 6. The average Bonchev–Trinajstić information content (AvgIpc) is 2.65. The minimum atomic E-state index is -0.469. The second-order valence-electron chi connectivity index (χ2n) is 8.54. The van der Waals surface area contributed by atoms with Gasteiger partial charge >= 0.3 is 6.09 Å². The Balaban J connectivity index is 1.73. The SMILES string of the molecule is COc1cccc(CCC(=O)N(C)CC2CCN(C(=O)OC(C)(C)C)CC2)c1. The van der Waals surface area contributed by atoms with Crippen LogP contribution in [-0.4, -0.2) is 61.2 Å². The van der Waals surface area contributed by atoms with E-state index in [0.29, 0.717) is 31.8 Å². The predicted molar refractivity (Wildman–Crippen MR) is 109 cm³/mol. The number of carbonyl (C=O) groups excluding carboxylic acids is 2. The van der Waals surface area contributed by atoms with Crippen LogP contribution in [0.2, 0.25) is 0 Å². The molecule has 2 rings (SSSR count). The van der Waals surface area contributed by atoms with E-state index in [2.05, 4.69) is 0 Å². The summed E-state index contributed by atoms with van der Waals surface area (Å²) in [4.78, 5) is 28.2. The van der Waals surface area contributed by atoms with Crippen molar-refractivity contribution in [3.8, 4) is 5.75 Å². The van der Waals surface area contributed by atoms with Crippen LogP contribution < -0.4 is 4.74 Å². The van der Waals surface area contributed by atoms with Crippen molar-refractivity contribution < 1.29 is 19.1 Å². The van der Waals surface area contributed by atoms with Crippen LogP contribution >= 0.6 is 0 Å². The highest BCUT2D eigenvalue weighted by Crippen LogP contribution is 2.21. The molecule has 0 bridgehead atoms. The van der Waals surface area contributed by atoms with E-state index in [-0.39, 0.29) is 12.0 Å². The fourth-order valence-corrected chi connectivity index (χ4v) is 3.38. The predicted octanol–water partition coefficient (Wildman–Crippen LogP) is 3.73. The van der Waals surface area contributed by atoms with Crippen LogP contribution in [-0.2, 0) is 16.0 Å². The van der Waals surface area contributed by atoms with Crippen LogP contribution in [0.15, 0.2) is 24.3 Å². The Kier molecular flexibility index (Phi) is 7.72. The maximum absolute atomic E-state index is 12.5. The number of likely N-dealkylation sites (tertiary alicyclic amines) is 1. The first kappa shape index (κ1) is 22.1. The van der Waals surface area contributed by atoms with Crippen LogP contribution in [0.1, 0.15) is 45.6 Å². The zero-order valence-electron chi connectivity index (χ0n) is 17.9. The van der Waals surface area contributed by atoms with E-state index < -0.39 is 5.60 Å². The van der Waals surface area contributed by atoms with Crippen molar-refractivity contribution in [2.45, 2.75) is 52.1 Å². The Hall–Kier alpha value is -2.24. The molecule has 1 aromatic rings. The molecule has 156 valence electrons. The molecule has 2 amide bonds. The summed E-state index contributed by atoms with van der Waals surface area (Å²) in [6, 6.07) is 7.84. The van der Waals surface area contributed by atoms with Gasteiger partial charge in [-0.25, -0.2) is 4.79 Å². The fourth-order valence-electron chi connectivity index (χ4n) is 3.38. The average molecular weight is 391 g/mol. The summed E-state index contributed by atoms with van der Waals surface area (Å²) < 4.78 is 10.7. The van der Waals surface area contributed by atoms with Gasteiger partial charge in [-0.05, 0) is 63.6 Å². The number of hydrogen-bond acceptors (Lipinski definition) is 4. The quantitative estimate of drug-likeness (QED) is 0.743. The maximum atomic E-state index is 12.5. The molecule has 6 nitrogen and oxygen atoms in total. The highest BCUT2D eigenvalue weighted by Gasteiger charge is 2.27. The van der Waals surface area contributed by atoms with Crippen molar-refractivity contribution in [3.63, 3.8) is 0 Å². The zero-order chi connectivity index (χ0) is 20.7. The zero-order valence-corrected chi connectivity index (χ0v) is 17.9. The fraction of sp³-hybridized carbons (Fsp3) is 0.636. The summed E-state index contributed by atoms with van der Waals surface area (Å²) >= 11 is 0. The molecule has 0 saturated carbocycles. The van der Waals surface area contributed by atoms with Gasteiger partial charge < -0.3 is 19.3 Å². The lowest BCUT2D eigenvalue weighted by molar-refractivity contribution is -0.130. The van der Waals surface area contributed by atoms with Crippen LogP contribution in [0.3, 0.4) is 0 Å². The number of benzene rings is 1. The Bertz CT molecular complexity index is 661. The highest BCUT2D eigenvalue weighted by molar-refractivity contribution is 5.76. The summed E-state index contributed by atoms with van der Waals surface area (Å²) in [5.74, 6) is 1.39. The molecule has 0 radical (unpaired) electrons. The van der Waals surface area contributed by atoms with Gasteiger partial charge in [0.1, 0.15) is 11.4 Å². The highest BCUT2D eigenvalue weighted by atomic mass is 16.6.